The lowest BCUT2D eigenvalue weighted by Crippen LogP contribution is -2.22. The normalized spacial score (nSPS) is 18.1. The number of fused-ring (bicyclic) bond motifs is 12. The zero-order valence-electron chi connectivity index (χ0n) is 19.6. The number of nitrogens with zero attached hydrogens (tertiary/aromatic N) is 4. The van der Waals surface area contributed by atoms with Gasteiger partial charge in [-0.05, 0) is 24.3 Å². The molecule has 0 saturated carbocycles. The average Bonchev–Trinajstić information content (AvgIpc) is 3.52. The van der Waals surface area contributed by atoms with Crippen LogP contribution in [0.3, 0.4) is 0 Å². The fourth-order valence-electron chi connectivity index (χ4n) is 4.82. The summed E-state index contributed by atoms with van der Waals surface area (Å²) in [6, 6.07) is 7.54. The third kappa shape index (κ3) is 4.11. The van der Waals surface area contributed by atoms with Gasteiger partial charge in [0.1, 0.15) is 11.3 Å². The average molecular weight is 504 g/mol. The topological polar surface area (TPSA) is 100 Å². The smallest absolute Gasteiger partial charge is 0.259 e. The Balaban J connectivity index is 1.55. The van der Waals surface area contributed by atoms with Crippen molar-refractivity contribution in [2.24, 2.45) is 0 Å². The summed E-state index contributed by atoms with van der Waals surface area (Å²) in [6.45, 7) is 3.52. The van der Waals surface area contributed by atoms with Crippen molar-refractivity contribution in [3.8, 4) is 0 Å². The molecule has 0 aliphatic carbocycles. The molecule has 36 heavy (non-hydrogen) atoms. The monoisotopic (exact) mass is 503 g/mol. The summed E-state index contributed by atoms with van der Waals surface area (Å²) >= 11 is 1.80. The highest BCUT2D eigenvalue weighted by atomic mass is 32.2. The van der Waals surface area contributed by atoms with E-state index in [1.807, 2.05) is 45.8 Å². The molecule has 0 fully saturated rings. The minimum Gasteiger partial charge on any atom is -0.379 e. The largest absolute Gasteiger partial charge is 0.379 e. The second-order valence-electron chi connectivity index (χ2n) is 8.59. The summed E-state index contributed by atoms with van der Waals surface area (Å²) < 4.78 is 15.7. The quantitative estimate of drug-likeness (QED) is 0.368. The fraction of sp³-hybridized carbons (Fsp3) is 0.308. The van der Waals surface area contributed by atoms with Crippen LogP contribution in [-0.2, 0) is 32.2 Å². The molecule has 4 aromatic rings. The number of thioether (sulfide) groups is 1. The molecular formula is C26H25N5O4S. The Morgan fingerprint density at radius 3 is 1.75 bits per heavy atom. The van der Waals surface area contributed by atoms with Gasteiger partial charge in [-0.15, -0.1) is 0 Å². The van der Waals surface area contributed by atoms with E-state index < -0.39 is 11.8 Å². The van der Waals surface area contributed by atoms with E-state index in [0.29, 0.717) is 61.8 Å². The summed E-state index contributed by atoms with van der Waals surface area (Å²) in [6.07, 6.45) is 7.27. The van der Waals surface area contributed by atoms with Crippen molar-refractivity contribution in [1.29, 1.82) is 0 Å². The molecule has 0 atom stereocenters. The number of carbonyl (C=O) groups is 2. The number of amides is 2. The van der Waals surface area contributed by atoms with E-state index in [2.05, 4.69) is 15.3 Å². The van der Waals surface area contributed by atoms with Crippen LogP contribution in [0, 0.1) is 0 Å². The third-order valence-corrected chi connectivity index (χ3v) is 7.35. The SMILES string of the molecule is O=C1NC(=O)C2=C1c1cn(c3ncccc13)CCOCCSCCOCCn1cc2c2cccnc21. The van der Waals surface area contributed by atoms with Crippen molar-refractivity contribution in [3.05, 3.63) is 60.2 Å². The van der Waals surface area contributed by atoms with Crippen molar-refractivity contribution >= 4 is 56.8 Å². The minimum absolute atomic E-state index is 0.353. The van der Waals surface area contributed by atoms with Crippen LogP contribution >= 0.6 is 11.8 Å². The molecule has 0 spiro atoms. The van der Waals surface area contributed by atoms with Crippen molar-refractivity contribution in [3.63, 3.8) is 0 Å². The highest BCUT2D eigenvalue weighted by Gasteiger charge is 2.35. The molecular weight excluding hydrogens is 478 g/mol. The Kier molecular flexibility index (Phi) is 6.30. The van der Waals surface area contributed by atoms with Gasteiger partial charge in [0.25, 0.3) is 11.8 Å². The summed E-state index contributed by atoms with van der Waals surface area (Å²) in [5.41, 5.74) is 3.56. The highest BCUT2D eigenvalue weighted by Crippen LogP contribution is 2.38. The van der Waals surface area contributed by atoms with Crippen LogP contribution in [-0.4, -0.2) is 68.8 Å². The first kappa shape index (κ1) is 23.0. The second kappa shape index (κ2) is 9.88. The van der Waals surface area contributed by atoms with Gasteiger partial charge in [-0.25, -0.2) is 9.97 Å². The Bertz CT molecular complexity index is 1390. The molecule has 6 heterocycles. The number of nitrogens with one attached hydrogen (secondary N) is 1. The summed E-state index contributed by atoms with van der Waals surface area (Å²) in [5.74, 6) is 0.969. The van der Waals surface area contributed by atoms with Crippen LogP contribution in [0.2, 0.25) is 0 Å². The lowest BCUT2D eigenvalue weighted by atomic mass is 9.96. The lowest BCUT2D eigenvalue weighted by molar-refractivity contribution is -0.122. The first-order valence-corrected chi connectivity index (χ1v) is 13.1. The molecule has 10 heteroatoms. The van der Waals surface area contributed by atoms with E-state index >= 15 is 0 Å². The van der Waals surface area contributed by atoms with Crippen LogP contribution in [0.5, 0.6) is 0 Å². The number of hydrogen-bond donors (Lipinski definition) is 1. The van der Waals surface area contributed by atoms with E-state index in [1.54, 1.807) is 24.2 Å². The molecule has 6 rings (SSSR count). The highest BCUT2D eigenvalue weighted by molar-refractivity contribution is 7.99. The predicted octanol–water partition coefficient (Wildman–Crippen LogP) is 2.73. The van der Waals surface area contributed by atoms with Gasteiger partial charge < -0.3 is 18.6 Å². The summed E-state index contributed by atoms with van der Waals surface area (Å²) in [7, 11) is 0. The minimum atomic E-state index is -0.412. The molecule has 0 aromatic carbocycles. The van der Waals surface area contributed by atoms with Crippen LogP contribution in [0.4, 0.5) is 0 Å². The summed E-state index contributed by atoms with van der Waals surface area (Å²) in [4.78, 5) is 35.5. The third-order valence-electron chi connectivity index (χ3n) is 6.43. The fourth-order valence-corrected chi connectivity index (χ4v) is 5.50. The van der Waals surface area contributed by atoms with E-state index in [9.17, 15) is 9.59 Å². The molecule has 2 aliphatic heterocycles. The standard InChI is InChI=1S/C26H25N5O4S/c32-25-21-19-15-30(23-17(19)3-1-5-27-23)7-9-34-11-13-36-14-12-35-10-8-31-16-20(22(21)26(33)29-25)18-4-2-6-28-24(18)31/h1-6,15-16H,7-14H2,(H,29,32,33). The van der Waals surface area contributed by atoms with Gasteiger partial charge in [-0.1, -0.05) is 0 Å². The van der Waals surface area contributed by atoms with Gasteiger partial charge in [0, 0.05) is 71.3 Å². The van der Waals surface area contributed by atoms with Crippen molar-refractivity contribution in [2.75, 3.05) is 37.9 Å². The predicted molar refractivity (Wildman–Crippen MR) is 138 cm³/mol. The van der Waals surface area contributed by atoms with Crippen LogP contribution < -0.4 is 5.32 Å². The van der Waals surface area contributed by atoms with Crippen molar-refractivity contribution < 1.29 is 19.1 Å². The second-order valence-corrected chi connectivity index (χ2v) is 9.82. The molecule has 0 radical (unpaired) electrons. The number of imide groups is 1. The Labute approximate surface area is 211 Å². The molecule has 9 nitrogen and oxygen atoms in total. The number of rotatable bonds is 0. The molecule has 2 amide bonds. The summed E-state index contributed by atoms with van der Waals surface area (Å²) in [5, 5.41) is 4.15. The Morgan fingerprint density at radius 1 is 0.750 bits per heavy atom. The molecule has 4 bridgehead atoms. The maximum atomic E-state index is 13.2. The molecule has 0 unspecified atom stereocenters. The van der Waals surface area contributed by atoms with Gasteiger partial charge in [0.15, 0.2) is 0 Å². The number of ether oxygens (including phenoxy) is 2. The maximum absolute atomic E-state index is 13.2. The zero-order chi connectivity index (χ0) is 24.5. The van der Waals surface area contributed by atoms with E-state index in [-0.39, 0.29) is 0 Å². The van der Waals surface area contributed by atoms with Gasteiger partial charge in [0.2, 0.25) is 0 Å². The molecule has 0 saturated heterocycles. The molecule has 2 aliphatic rings. The van der Waals surface area contributed by atoms with E-state index in [0.717, 1.165) is 33.6 Å². The van der Waals surface area contributed by atoms with Crippen molar-refractivity contribution in [2.45, 2.75) is 13.1 Å². The Hall–Kier alpha value is -3.47. The lowest BCUT2D eigenvalue weighted by Gasteiger charge is -2.08. The zero-order valence-corrected chi connectivity index (χ0v) is 20.4. The van der Waals surface area contributed by atoms with Crippen LogP contribution in [0.15, 0.2) is 49.1 Å². The number of aromatic nitrogens is 4. The first-order valence-electron chi connectivity index (χ1n) is 11.9. The van der Waals surface area contributed by atoms with Crippen LogP contribution in [0.1, 0.15) is 11.1 Å². The van der Waals surface area contributed by atoms with Gasteiger partial charge in [0.05, 0.1) is 37.6 Å². The number of hydrogen-bond acceptors (Lipinski definition) is 7. The van der Waals surface area contributed by atoms with Crippen LogP contribution in [0.25, 0.3) is 33.2 Å². The Morgan fingerprint density at radius 2 is 1.25 bits per heavy atom. The molecule has 1 N–H and O–H groups in total. The molecule has 184 valence electrons. The number of carbonyl (C=O) groups excluding carboxylic acids is 2. The van der Waals surface area contributed by atoms with Gasteiger partial charge in [-0.2, -0.15) is 11.8 Å². The number of pyridine rings is 2. The van der Waals surface area contributed by atoms with E-state index in [4.69, 9.17) is 9.47 Å². The maximum Gasteiger partial charge on any atom is 0.259 e. The van der Waals surface area contributed by atoms with Gasteiger partial charge in [-0.3, -0.25) is 14.9 Å². The van der Waals surface area contributed by atoms with E-state index in [1.165, 1.54) is 0 Å². The first-order chi connectivity index (χ1) is 17.7. The van der Waals surface area contributed by atoms with Gasteiger partial charge >= 0.3 is 0 Å². The molecule has 4 aromatic heterocycles. The van der Waals surface area contributed by atoms with Crippen molar-refractivity contribution in [1.82, 2.24) is 24.4 Å².